The fraction of sp³-hybridized carbons (Fsp3) is 0.875. The van der Waals surface area contributed by atoms with Crippen molar-refractivity contribution in [1.82, 2.24) is 15.1 Å². The summed E-state index contributed by atoms with van der Waals surface area (Å²) in [6, 6.07) is -0.0723. The van der Waals surface area contributed by atoms with Crippen molar-refractivity contribution in [2.45, 2.75) is 45.6 Å². The summed E-state index contributed by atoms with van der Waals surface area (Å²) in [4.78, 5) is 28.7. The zero-order chi connectivity index (χ0) is 15.0. The van der Waals surface area contributed by atoms with E-state index in [0.717, 1.165) is 32.2 Å². The molecule has 0 spiro atoms. The molecule has 3 aliphatic rings. The van der Waals surface area contributed by atoms with E-state index in [2.05, 4.69) is 19.2 Å². The lowest BCUT2D eigenvalue weighted by atomic mass is 9.77. The summed E-state index contributed by atoms with van der Waals surface area (Å²) >= 11 is 0. The van der Waals surface area contributed by atoms with Gasteiger partial charge in [0.25, 0.3) is 0 Å². The molecule has 1 unspecified atom stereocenters. The van der Waals surface area contributed by atoms with Gasteiger partial charge in [0.15, 0.2) is 0 Å². The van der Waals surface area contributed by atoms with Gasteiger partial charge in [0, 0.05) is 32.1 Å². The number of rotatable bonds is 2. The number of piperazine rings is 1. The number of nitrogens with zero attached hydrogens (tertiary/aromatic N) is 2. The molecule has 3 fully saturated rings. The largest absolute Gasteiger partial charge is 0.339 e. The minimum Gasteiger partial charge on any atom is -0.339 e. The normalized spacial score (nSPS) is 29.3. The van der Waals surface area contributed by atoms with Gasteiger partial charge in [-0.25, -0.2) is 0 Å². The highest BCUT2D eigenvalue weighted by molar-refractivity contribution is 5.84. The molecule has 0 aromatic rings. The van der Waals surface area contributed by atoms with Crippen LogP contribution in [-0.2, 0) is 9.59 Å². The molecule has 21 heavy (non-hydrogen) atoms. The number of nitrogens with one attached hydrogen (secondary N) is 1. The Morgan fingerprint density at radius 1 is 1.00 bits per heavy atom. The van der Waals surface area contributed by atoms with Crippen LogP contribution in [-0.4, -0.2) is 60.4 Å². The van der Waals surface area contributed by atoms with Crippen molar-refractivity contribution in [3.05, 3.63) is 0 Å². The van der Waals surface area contributed by atoms with Crippen LogP contribution in [0.4, 0.5) is 0 Å². The predicted molar refractivity (Wildman–Crippen MR) is 80.7 cm³/mol. The second-order valence-electron chi connectivity index (χ2n) is 7.40. The van der Waals surface area contributed by atoms with E-state index in [0.29, 0.717) is 32.1 Å². The van der Waals surface area contributed by atoms with E-state index in [9.17, 15) is 9.59 Å². The van der Waals surface area contributed by atoms with Gasteiger partial charge in [-0.3, -0.25) is 9.59 Å². The Bertz CT molecular complexity index is 423. The van der Waals surface area contributed by atoms with Gasteiger partial charge in [-0.2, -0.15) is 0 Å². The molecule has 3 rings (SSSR count). The maximum Gasteiger partial charge on any atom is 0.240 e. The van der Waals surface area contributed by atoms with Crippen LogP contribution in [0.5, 0.6) is 0 Å². The molecule has 1 N–H and O–H groups in total. The van der Waals surface area contributed by atoms with Crippen molar-refractivity contribution in [3.8, 4) is 0 Å². The van der Waals surface area contributed by atoms with Gasteiger partial charge >= 0.3 is 0 Å². The number of carbonyl (C=O) groups is 2. The average molecular weight is 293 g/mol. The molecule has 0 radical (unpaired) electrons. The third-order valence-corrected chi connectivity index (χ3v) is 5.20. The minimum absolute atomic E-state index is 0.0241. The fourth-order valence-corrected chi connectivity index (χ4v) is 3.55. The van der Waals surface area contributed by atoms with E-state index in [-0.39, 0.29) is 23.3 Å². The SMILES string of the molecule is CC1(C)CCCNC1C(=O)N1CCN(C(=O)C2CC2)CC1. The molecule has 2 saturated heterocycles. The summed E-state index contributed by atoms with van der Waals surface area (Å²) in [7, 11) is 0. The highest BCUT2D eigenvalue weighted by Gasteiger charge is 2.41. The molecule has 0 aromatic heterocycles. The number of carbonyl (C=O) groups excluding carboxylic acids is 2. The van der Waals surface area contributed by atoms with Crippen molar-refractivity contribution in [3.63, 3.8) is 0 Å². The topological polar surface area (TPSA) is 52.7 Å². The van der Waals surface area contributed by atoms with Crippen LogP contribution < -0.4 is 5.32 Å². The Hall–Kier alpha value is -1.10. The van der Waals surface area contributed by atoms with Crippen molar-refractivity contribution in [2.75, 3.05) is 32.7 Å². The molecule has 1 atom stereocenters. The molecule has 1 saturated carbocycles. The zero-order valence-electron chi connectivity index (χ0n) is 13.2. The third kappa shape index (κ3) is 3.07. The Kier molecular flexibility index (Phi) is 3.95. The Morgan fingerprint density at radius 3 is 2.10 bits per heavy atom. The highest BCUT2D eigenvalue weighted by Crippen LogP contribution is 2.32. The molecule has 0 aromatic carbocycles. The third-order valence-electron chi connectivity index (χ3n) is 5.20. The highest BCUT2D eigenvalue weighted by atomic mass is 16.2. The first-order valence-corrected chi connectivity index (χ1v) is 8.30. The molecule has 0 bridgehead atoms. The lowest BCUT2D eigenvalue weighted by Gasteiger charge is -2.43. The van der Waals surface area contributed by atoms with E-state index in [1.807, 2.05) is 9.80 Å². The van der Waals surface area contributed by atoms with E-state index >= 15 is 0 Å². The summed E-state index contributed by atoms with van der Waals surface area (Å²) < 4.78 is 0. The van der Waals surface area contributed by atoms with Gasteiger partial charge < -0.3 is 15.1 Å². The molecular weight excluding hydrogens is 266 g/mol. The fourth-order valence-electron chi connectivity index (χ4n) is 3.55. The number of hydrogen-bond acceptors (Lipinski definition) is 3. The van der Waals surface area contributed by atoms with E-state index < -0.39 is 0 Å². The van der Waals surface area contributed by atoms with Crippen molar-refractivity contribution >= 4 is 11.8 Å². The first-order chi connectivity index (χ1) is 9.99. The Balaban J connectivity index is 1.56. The molecule has 1 aliphatic carbocycles. The van der Waals surface area contributed by atoms with E-state index in [1.165, 1.54) is 0 Å². The standard InChI is InChI=1S/C16H27N3O2/c1-16(2)6-3-7-17-13(16)15(21)19-10-8-18(9-11-19)14(20)12-4-5-12/h12-13,17H,3-11H2,1-2H3. The summed E-state index contributed by atoms with van der Waals surface area (Å²) in [5, 5.41) is 3.40. The van der Waals surface area contributed by atoms with Crippen molar-refractivity contribution < 1.29 is 9.59 Å². The van der Waals surface area contributed by atoms with Crippen LogP contribution in [0, 0.1) is 11.3 Å². The number of piperidine rings is 1. The van der Waals surface area contributed by atoms with Crippen LogP contribution in [0.25, 0.3) is 0 Å². The van der Waals surface area contributed by atoms with Crippen LogP contribution in [0.1, 0.15) is 39.5 Å². The quantitative estimate of drug-likeness (QED) is 0.821. The number of hydrogen-bond donors (Lipinski definition) is 1. The Labute approximate surface area is 127 Å². The monoisotopic (exact) mass is 293 g/mol. The smallest absolute Gasteiger partial charge is 0.240 e. The lowest BCUT2D eigenvalue weighted by molar-refractivity contribution is -0.143. The Morgan fingerprint density at radius 2 is 1.57 bits per heavy atom. The molecule has 5 nitrogen and oxygen atoms in total. The molecule has 2 aliphatic heterocycles. The predicted octanol–water partition coefficient (Wildman–Crippen LogP) is 0.845. The van der Waals surface area contributed by atoms with E-state index in [1.54, 1.807) is 0 Å². The first-order valence-electron chi connectivity index (χ1n) is 8.30. The van der Waals surface area contributed by atoms with E-state index in [4.69, 9.17) is 0 Å². The maximum absolute atomic E-state index is 12.8. The van der Waals surface area contributed by atoms with Gasteiger partial charge in [0.05, 0.1) is 6.04 Å². The van der Waals surface area contributed by atoms with Gasteiger partial charge in [-0.05, 0) is 37.6 Å². The molecule has 118 valence electrons. The van der Waals surface area contributed by atoms with Gasteiger partial charge in [-0.1, -0.05) is 13.8 Å². The maximum atomic E-state index is 12.8. The summed E-state index contributed by atoms with van der Waals surface area (Å²) in [5.41, 5.74) is 0.0241. The second kappa shape index (κ2) is 5.59. The molecule has 2 amide bonds. The first kappa shape index (κ1) is 14.8. The van der Waals surface area contributed by atoms with Crippen molar-refractivity contribution in [2.24, 2.45) is 11.3 Å². The number of amides is 2. The zero-order valence-corrected chi connectivity index (χ0v) is 13.2. The summed E-state index contributed by atoms with van der Waals surface area (Å²) in [6.07, 6.45) is 4.34. The van der Waals surface area contributed by atoms with Gasteiger partial charge in [0.1, 0.15) is 0 Å². The second-order valence-corrected chi connectivity index (χ2v) is 7.40. The lowest BCUT2D eigenvalue weighted by Crippen LogP contribution is -2.60. The van der Waals surface area contributed by atoms with Crippen LogP contribution >= 0.6 is 0 Å². The molecule has 5 heteroatoms. The van der Waals surface area contributed by atoms with Crippen LogP contribution in [0.15, 0.2) is 0 Å². The van der Waals surface area contributed by atoms with Crippen molar-refractivity contribution in [1.29, 1.82) is 0 Å². The molecular formula is C16H27N3O2. The summed E-state index contributed by atoms with van der Waals surface area (Å²) in [6.45, 7) is 8.06. The van der Waals surface area contributed by atoms with Gasteiger partial charge in [0.2, 0.25) is 11.8 Å². The molecule has 2 heterocycles. The minimum atomic E-state index is -0.0723. The van der Waals surface area contributed by atoms with Crippen LogP contribution in [0.2, 0.25) is 0 Å². The van der Waals surface area contributed by atoms with Gasteiger partial charge in [-0.15, -0.1) is 0 Å². The summed E-state index contributed by atoms with van der Waals surface area (Å²) in [5.74, 6) is 0.808. The average Bonchev–Trinajstić information content (AvgIpc) is 3.30. The van der Waals surface area contributed by atoms with Crippen LogP contribution in [0.3, 0.4) is 0 Å².